The molecule has 4 N–H and O–H groups in total. The number of fused-ring (bicyclic) bond motifs is 3. The van der Waals surface area contributed by atoms with Crippen LogP contribution in [0.3, 0.4) is 0 Å². The molecule has 1 saturated heterocycles. The molecule has 10 heteroatoms. The van der Waals surface area contributed by atoms with Gasteiger partial charge in [0.05, 0.1) is 30.9 Å². The number of aryl methyl sites for hydroxylation is 2. The van der Waals surface area contributed by atoms with Gasteiger partial charge in [-0.1, -0.05) is 39.3 Å². The number of hydrogen-bond acceptors (Lipinski definition) is 8. The van der Waals surface area contributed by atoms with Gasteiger partial charge in [0.15, 0.2) is 5.82 Å². The zero-order valence-corrected chi connectivity index (χ0v) is 24.4. The summed E-state index contributed by atoms with van der Waals surface area (Å²) in [5.74, 6) is 1.31. The number of nitrogen functional groups attached to an aromatic ring is 1. The molecule has 0 unspecified atom stereocenters. The standard InChI is InChI=1S/C30H46N6O4/c1-4-6-9-25-33-26-27(36(25)19-30(3,20-37)21-38)23-11-10-22(18-24(23)32-28(26)31)8-7-12-34-13-15-35(16-14-34)29(39)40-17-5-2/h10-11,18,37-38H,4-9,12-17,19-21H2,1-3H3,(H2,31,32). The smallest absolute Gasteiger partial charge is 0.409 e. The number of benzene rings is 1. The molecule has 1 aromatic carbocycles. The number of imidazole rings is 1. The third-order valence-corrected chi connectivity index (χ3v) is 7.90. The highest BCUT2D eigenvalue weighted by molar-refractivity contribution is 6.06. The van der Waals surface area contributed by atoms with Crippen LogP contribution in [-0.2, 0) is 24.1 Å². The highest BCUT2D eigenvalue weighted by atomic mass is 16.6. The molecule has 2 aromatic heterocycles. The third-order valence-electron chi connectivity index (χ3n) is 7.90. The van der Waals surface area contributed by atoms with Gasteiger partial charge in [0.1, 0.15) is 11.3 Å². The number of aliphatic hydroxyl groups is 2. The number of pyridine rings is 1. The summed E-state index contributed by atoms with van der Waals surface area (Å²) in [6.45, 7) is 10.8. The molecule has 1 aliphatic rings. The number of hydrogen-bond donors (Lipinski definition) is 3. The Balaban J connectivity index is 1.49. The monoisotopic (exact) mass is 554 g/mol. The molecule has 1 aliphatic heterocycles. The fourth-order valence-electron chi connectivity index (χ4n) is 5.33. The van der Waals surface area contributed by atoms with Crippen LogP contribution < -0.4 is 5.73 Å². The number of rotatable bonds is 13. The summed E-state index contributed by atoms with van der Waals surface area (Å²) in [7, 11) is 0. The number of nitrogens with two attached hydrogens (primary N) is 1. The van der Waals surface area contributed by atoms with Gasteiger partial charge in [0.2, 0.25) is 0 Å². The molecule has 1 amide bonds. The van der Waals surface area contributed by atoms with E-state index in [1.807, 2.05) is 13.8 Å². The first-order valence-corrected chi connectivity index (χ1v) is 14.8. The summed E-state index contributed by atoms with van der Waals surface area (Å²) < 4.78 is 7.40. The van der Waals surface area contributed by atoms with E-state index in [-0.39, 0.29) is 19.3 Å². The van der Waals surface area contributed by atoms with Gasteiger partial charge in [-0.25, -0.2) is 14.8 Å². The van der Waals surface area contributed by atoms with E-state index >= 15 is 0 Å². The Labute approximate surface area is 237 Å². The first-order chi connectivity index (χ1) is 19.3. The van der Waals surface area contributed by atoms with Crippen molar-refractivity contribution >= 4 is 33.8 Å². The molecular formula is C30H46N6O4. The lowest BCUT2D eigenvalue weighted by Gasteiger charge is -2.34. The summed E-state index contributed by atoms with van der Waals surface area (Å²) in [4.78, 5) is 25.9. The van der Waals surface area contributed by atoms with Gasteiger partial charge in [-0.05, 0) is 43.9 Å². The highest BCUT2D eigenvalue weighted by Gasteiger charge is 2.27. The first-order valence-electron chi connectivity index (χ1n) is 14.8. The van der Waals surface area contributed by atoms with Crippen LogP contribution in [0.25, 0.3) is 21.9 Å². The zero-order valence-electron chi connectivity index (χ0n) is 24.4. The lowest BCUT2D eigenvalue weighted by molar-refractivity contribution is 0.0557. The van der Waals surface area contributed by atoms with E-state index in [9.17, 15) is 15.0 Å². The molecule has 0 bridgehead atoms. The van der Waals surface area contributed by atoms with E-state index in [4.69, 9.17) is 20.4 Å². The van der Waals surface area contributed by atoms with Gasteiger partial charge in [0, 0.05) is 49.9 Å². The van der Waals surface area contributed by atoms with Crippen LogP contribution in [0.4, 0.5) is 10.6 Å². The number of nitrogens with zero attached hydrogens (tertiary/aromatic N) is 5. The normalized spacial score (nSPS) is 14.9. The van der Waals surface area contributed by atoms with Gasteiger partial charge in [-0.15, -0.1) is 0 Å². The summed E-state index contributed by atoms with van der Waals surface area (Å²) >= 11 is 0. The van der Waals surface area contributed by atoms with Gasteiger partial charge in [-0.3, -0.25) is 4.90 Å². The average molecular weight is 555 g/mol. The highest BCUT2D eigenvalue weighted by Crippen LogP contribution is 2.32. The van der Waals surface area contributed by atoms with Gasteiger partial charge in [0.25, 0.3) is 0 Å². The molecule has 1 fully saturated rings. The quantitative estimate of drug-likeness (QED) is 0.292. The number of piperazine rings is 1. The number of aromatic nitrogens is 3. The Morgan fingerprint density at radius 3 is 2.48 bits per heavy atom. The Bertz CT molecular complexity index is 1280. The van der Waals surface area contributed by atoms with E-state index in [1.54, 1.807) is 4.90 Å². The van der Waals surface area contributed by atoms with Crippen molar-refractivity contribution in [2.75, 3.05) is 58.3 Å². The fraction of sp³-hybridized carbons (Fsp3) is 0.633. The van der Waals surface area contributed by atoms with Crippen LogP contribution in [-0.4, -0.2) is 93.2 Å². The minimum Gasteiger partial charge on any atom is -0.449 e. The average Bonchev–Trinajstić information content (AvgIpc) is 3.33. The van der Waals surface area contributed by atoms with Crippen molar-refractivity contribution in [3.05, 3.63) is 29.6 Å². The number of aliphatic hydroxyl groups excluding tert-OH is 2. The fourth-order valence-corrected chi connectivity index (χ4v) is 5.33. The van der Waals surface area contributed by atoms with E-state index in [0.29, 0.717) is 37.6 Å². The molecular weight excluding hydrogens is 508 g/mol. The van der Waals surface area contributed by atoms with Crippen molar-refractivity contribution < 1.29 is 19.7 Å². The maximum absolute atomic E-state index is 12.1. The Kier molecular flexibility index (Phi) is 10.2. The third kappa shape index (κ3) is 6.85. The molecule has 0 atom stereocenters. The number of anilines is 1. The topological polar surface area (TPSA) is 130 Å². The molecule has 0 radical (unpaired) electrons. The summed E-state index contributed by atoms with van der Waals surface area (Å²) in [5.41, 5.74) is 9.40. The first kappa shape index (κ1) is 30.0. The molecule has 220 valence electrons. The van der Waals surface area contributed by atoms with E-state index in [1.165, 1.54) is 5.56 Å². The van der Waals surface area contributed by atoms with Crippen molar-refractivity contribution in [1.29, 1.82) is 0 Å². The van der Waals surface area contributed by atoms with Crippen molar-refractivity contribution in [3.8, 4) is 0 Å². The van der Waals surface area contributed by atoms with Gasteiger partial charge >= 0.3 is 6.09 Å². The molecule has 0 spiro atoms. The van der Waals surface area contributed by atoms with Crippen molar-refractivity contribution in [3.63, 3.8) is 0 Å². The maximum Gasteiger partial charge on any atom is 0.409 e. The molecule has 10 nitrogen and oxygen atoms in total. The molecule has 4 rings (SSSR count). The Hall–Kier alpha value is -2.95. The largest absolute Gasteiger partial charge is 0.449 e. The second kappa shape index (κ2) is 13.6. The van der Waals surface area contributed by atoms with Crippen LogP contribution in [0, 0.1) is 5.41 Å². The van der Waals surface area contributed by atoms with E-state index < -0.39 is 5.41 Å². The van der Waals surface area contributed by atoms with Crippen LogP contribution in [0.2, 0.25) is 0 Å². The predicted octanol–water partition coefficient (Wildman–Crippen LogP) is 3.60. The van der Waals surface area contributed by atoms with Crippen LogP contribution in [0.1, 0.15) is 57.8 Å². The number of amides is 1. The van der Waals surface area contributed by atoms with Crippen LogP contribution in [0.5, 0.6) is 0 Å². The van der Waals surface area contributed by atoms with Gasteiger partial charge in [-0.2, -0.15) is 0 Å². The van der Waals surface area contributed by atoms with Crippen molar-refractivity contribution in [2.45, 2.75) is 65.8 Å². The van der Waals surface area contributed by atoms with Crippen LogP contribution >= 0.6 is 0 Å². The Morgan fingerprint density at radius 1 is 1.05 bits per heavy atom. The molecule has 3 heterocycles. The van der Waals surface area contributed by atoms with E-state index in [2.05, 4.69) is 34.6 Å². The molecule has 0 aliphatic carbocycles. The van der Waals surface area contributed by atoms with Crippen molar-refractivity contribution in [1.82, 2.24) is 24.3 Å². The maximum atomic E-state index is 12.1. The second-order valence-electron chi connectivity index (χ2n) is 11.4. The SMILES string of the molecule is CCCCc1nc2c(N)nc3cc(CCCN4CCN(C(=O)OCCC)CC4)ccc3c2n1CC(C)(CO)CO. The second-order valence-corrected chi connectivity index (χ2v) is 11.4. The molecule has 3 aromatic rings. The minimum atomic E-state index is -0.680. The Morgan fingerprint density at radius 2 is 1.80 bits per heavy atom. The zero-order chi connectivity index (χ0) is 28.7. The van der Waals surface area contributed by atoms with Crippen LogP contribution in [0.15, 0.2) is 18.2 Å². The number of carbonyl (C=O) groups excluding carboxylic acids is 1. The molecule has 0 saturated carbocycles. The van der Waals surface area contributed by atoms with Gasteiger partial charge < -0.3 is 30.2 Å². The number of carbonyl (C=O) groups is 1. The molecule has 40 heavy (non-hydrogen) atoms. The summed E-state index contributed by atoms with van der Waals surface area (Å²) in [6.07, 6.45) is 5.39. The summed E-state index contributed by atoms with van der Waals surface area (Å²) in [6, 6.07) is 6.38. The summed E-state index contributed by atoms with van der Waals surface area (Å²) in [5, 5.41) is 21.0. The minimum absolute atomic E-state index is 0.128. The van der Waals surface area contributed by atoms with E-state index in [0.717, 1.165) is 80.4 Å². The lowest BCUT2D eigenvalue weighted by Crippen LogP contribution is -2.49. The lowest BCUT2D eigenvalue weighted by atomic mass is 9.92. The predicted molar refractivity (Wildman–Crippen MR) is 158 cm³/mol. The number of ether oxygens (including phenoxy) is 1. The van der Waals surface area contributed by atoms with Crippen molar-refractivity contribution in [2.24, 2.45) is 5.41 Å². The number of unbranched alkanes of at least 4 members (excludes halogenated alkanes) is 1.